The lowest BCUT2D eigenvalue weighted by molar-refractivity contribution is -0.116. The first-order chi connectivity index (χ1) is 14.2. The Hall–Kier alpha value is -3.34. The summed E-state index contributed by atoms with van der Waals surface area (Å²) in [6.07, 6.45) is 4.14. The zero-order valence-electron chi connectivity index (χ0n) is 16.5. The number of fused-ring (bicyclic) bond motifs is 4. The molecule has 1 aliphatic carbocycles. The van der Waals surface area contributed by atoms with Gasteiger partial charge in [-0.2, -0.15) is 0 Å². The van der Waals surface area contributed by atoms with Gasteiger partial charge in [-0.3, -0.25) is 9.78 Å². The minimum Gasteiger partial charge on any atom is -0.497 e. The van der Waals surface area contributed by atoms with Gasteiger partial charge < -0.3 is 14.8 Å². The van der Waals surface area contributed by atoms with Crippen molar-refractivity contribution in [1.82, 2.24) is 4.98 Å². The molecule has 5 nitrogen and oxygen atoms in total. The van der Waals surface area contributed by atoms with Gasteiger partial charge in [0.1, 0.15) is 11.5 Å². The van der Waals surface area contributed by atoms with Crippen LogP contribution >= 0.6 is 0 Å². The summed E-state index contributed by atoms with van der Waals surface area (Å²) in [5.41, 5.74) is 6.01. The Morgan fingerprint density at radius 2 is 1.97 bits per heavy atom. The molecule has 2 aromatic carbocycles. The topological polar surface area (TPSA) is 60.5 Å². The number of hydrogen-bond donors (Lipinski definition) is 1. The van der Waals surface area contributed by atoms with Gasteiger partial charge in [0.2, 0.25) is 0 Å². The maximum Gasteiger partial charge on any atom is 0.161 e. The summed E-state index contributed by atoms with van der Waals surface area (Å²) in [5, 5.41) is 4.70. The minimum absolute atomic E-state index is 0.202. The molecule has 0 fully saturated rings. The molecule has 2 heterocycles. The van der Waals surface area contributed by atoms with Gasteiger partial charge in [0.25, 0.3) is 0 Å². The quantitative estimate of drug-likeness (QED) is 0.692. The van der Waals surface area contributed by atoms with E-state index >= 15 is 0 Å². The lowest BCUT2D eigenvalue weighted by Gasteiger charge is -2.35. The van der Waals surface area contributed by atoms with E-state index in [4.69, 9.17) is 9.47 Å². The molecular weight excluding hydrogens is 364 g/mol. The smallest absolute Gasteiger partial charge is 0.161 e. The van der Waals surface area contributed by atoms with E-state index in [-0.39, 0.29) is 11.8 Å². The number of ether oxygens (including phenoxy) is 2. The van der Waals surface area contributed by atoms with Crippen molar-refractivity contribution in [1.29, 1.82) is 0 Å². The second kappa shape index (κ2) is 6.92. The third-order valence-corrected chi connectivity index (χ3v) is 5.88. The summed E-state index contributed by atoms with van der Waals surface area (Å²) in [4.78, 5) is 17.6. The molecule has 1 N–H and O–H groups in total. The van der Waals surface area contributed by atoms with E-state index in [2.05, 4.69) is 22.4 Å². The fourth-order valence-electron chi connectivity index (χ4n) is 4.57. The molecule has 146 valence electrons. The van der Waals surface area contributed by atoms with Crippen molar-refractivity contribution in [3.63, 3.8) is 0 Å². The molecule has 0 radical (unpaired) electrons. The van der Waals surface area contributed by atoms with E-state index in [0.29, 0.717) is 12.2 Å². The number of hydrogen-bond acceptors (Lipinski definition) is 5. The summed E-state index contributed by atoms with van der Waals surface area (Å²) < 4.78 is 11.0. The highest BCUT2D eigenvalue weighted by Crippen LogP contribution is 2.49. The van der Waals surface area contributed by atoms with Crippen molar-refractivity contribution in [2.45, 2.75) is 25.3 Å². The Labute approximate surface area is 169 Å². The molecule has 3 aromatic rings. The Bertz CT molecular complexity index is 1170. The van der Waals surface area contributed by atoms with Gasteiger partial charge >= 0.3 is 0 Å². The number of nitrogens with one attached hydrogen (secondary N) is 1. The first-order valence-electron chi connectivity index (χ1n) is 9.84. The van der Waals surface area contributed by atoms with Crippen LogP contribution in [0.15, 0.2) is 54.2 Å². The fraction of sp³-hybridized carbons (Fsp3) is 0.250. The van der Waals surface area contributed by atoms with Gasteiger partial charge in [-0.15, -0.1) is 0 Å². The predicted molar refractivity (Wildman–Crippen MR) is 113 cm³/mol. The molecule has 1 atom stereocenters. The number of aromatic nitrogens is 1. The van der Waals surface area contributed by atoms with E-state index in [1.165, 1.54) is 0 Å². The lowest BCUT2D eigenvalue weighted by Crippen LogP contribution is -2.27. The van der Waals surface area contributed by atoms with Gasteiger partial charge in [0, 0.05) is 46.5 Å². The molecule has 0 amide bonds. The molecule has 2 aliphatic rings. The Balaban J connectivity index is 1.76. The van der Waals surface area contributed by atoms with Crippen molar-refractivity contribution in [2.24, 2.45) is 0 Å². The number of nitrogens with zero attached hydrogens (tertiary/aromatic N) is 1. The van der Waals surface area contributed by atoms with Gasteiger partial charge in [-0.25, -0.2) is 0 Å². The van der Waals surface area contributed by atoms with E-state index in [9.17, 15) is 4.79 Å². The average molecular weight is 386 g/mol. The Kier molecular flexibility index (Phi) is 4.23. The van der Waals surface area contributed by atoms with E-state index in [0.717, 1.165) is 57.5 Å². The summed E-state index contributed by atoms with van der Waals surface area (Å²) in [6, 6.07) is 13.6. The molecule has 0 spiro atoms. The molecule has 1 aliphatic heterocycles. The molecular formula is C24H22N2O3. The average Bonchev–Trinajstić information content (AvgIpc) is 2.77. The first kappa shape index (κ1) is 17.7. The zero-order valence-corrected chi connectivity index (χ0v) is 16.5. The van der Waals surface area contributed by atoms with Gasteiger partial charge in [-0.1, -0.05) is 6.07 Å². The largest absolute Gasteiger partial charge is 0.497 e. The predicted octanol–water partition coefficient (Wildman–Crippen LogP) is 4.93. The highest BCUT2D eigenvalue weighted by atomic mass is 16.5. The zero-order chi connectivity index (χ0) is 20.0. The maximum absolute atomic E-state index is 13.1. The number of benzene rings is 2. The minimum atomic E-state index is -0.250. The van der Waals surface area contributed by atoms with Crippen LogP contribution in [0, 0.1) is 0 Å². The molecule has 5 rings (SSSR count). The van der Waals surface area contributed by atoms with Crippen molar-refractivity contribution in [3.05, 3.63) is 65.4 Å². The van der Waals surface area contributed by atoms with Crippen LogP contribution < -0.4 is 14.8 Å². The monoisotopic (exact) mass is 386 g/mol. The molecule has 1 aromatic heterocycles. The van der Waals surface area contributed by atoms with Gasteiger partial charge in [-0.05, 0) is 48.7 Å². The number of ketones is 1. The van der Waals surface area contributed by atoms with Crippen LogP contribution in [0.3, 0.4) is 0 Å². The lowest BCUT2D eigenvalue weighted by atomic mass is 9.77. The van der Waals surface area contributed by atoms with Crippen LogP contribution in [0.25, 0.3) is 16.5 Å². The molecule has 0 unspecified atom stereocenters. The van der Waals surface area contributed by atoms with Crippen molar-refractivity contribution in [3.8, 4) is 11.5 Å². The van der Waals surface area contributed by atoms with E-state index < -0.39 is 0 Å². The SMILES string of the molecule is COc1ccc([C@H]2Nc3ccc4ncccc4c3C3=C2C(=O)CCC3)c(OC)c1. The second-order valence-electron chi connectivity index (χ2n) is 7.41. The third-order valence-electron chi connectivity index (χ3n) is 5.88. The number of carbonyl (C=O) groups is 1. The maximum atomic E-state index is 13.1. The number of rotatable bonds is 3. The summed E-state index contributed by atoms with van der Waals surface area (Å²) in [7, 11) is 3.28. The Morgan fingerprint density at radius 3 is 2.79 bits per heavy atom. The van der Waals surface area contributed by atoms with Crippen LogP contribution in [-0.4, -0.2) is 25.0 Å². The third kappa shape index (κ3) is 2.77. The highest BCUT2D eigenvalue weighted by Gasteiger charge is 2.36. The number of carbonyl (C=O) groups excluding carboxylic acids is 1. The van der Waals surface area contributed by atoms with E-state index in [1.54, 1.807) is 20.4 Å². The van der Waals surface area contributed by atoms with Crippen LogP contribution in [0.5, 0.6) is 11.5 Å². The van der Waals surface area contributed by atoms with Crippen molar-refractivity contribution < 1.29 is 14.3 Å². The molecule has 0 saturated heterocycles. The standard InChI is InChI=1S/C24H22N2O3/c1-28-14-8-9-16(21(13-14)29-2)24-23-17(5-3-7-20(23)27)22-15-6-4-12-25-18(15)10-11-19(22)26-24/h4,6,8-13,24,26H,3,5,7H2,1-2H3/t24-/m1/s1. The summed E-state index contributed by atoms with van der Waals surface area (Å²) in [6.45, 7) is 0. The summed E-state index contributed by atoms with van der Waals surface area (Å²) in [5.74, 6) is 1.63. The van der Waals surface area contributed by atoms with Crippen LogP contribution in [0.1, 0.15) is 36.4 Å². The van der Waals surface area contributed by atoms with Crippen molar-refractivity contribution in [2.75, 3.05) is 19.5 Å². The number of allylic oxidation sites excluding steroid dienone is 1. The molecule has 0 saturated carbocycles. The molecule has 0 bridgehead atoms. The fourth-order valence-corrected chi connectivity index (χ4v) is 4.57. The van der Waals surface area contributed by atoms with E-state index in [1.807, 2.05) is 30.3 Å². The number of pyridine rings is 1. The van der Waals surface area contributed by atoms with Crippen molar-refractivity contribution >= 4 is 27.9 Å². The normalized spacial score (nSPS) is 18.1. The first-order valence-corrected chi connectivity index (χ1v) is 9.84. The second-order valence-corrected chi connectivity index (χ2v) is 7.41. The van der Waals surface area contributed by atoms with Crippen LogP contribution in [0.4, 0.5) is 5.69 Å². The van der Waals surface area contributed by atoms with Gasteiger partial charge in [0.15, 0.2) is 5.78 Å². The van der Waals surface area contributed by atoms with Crippen LogP contribution in [-0.2, 0) is 4.79 Å². The summed E-state index contributed by atoms with van der Waals surface area (Å²) >= 11 is 0. The number of methoxy groups -OCH3 is 2. The van der Waals surface area contributed by atoms with Crippen LogP contribution in [0.2, 0.25) is 0 Å². The number of Topliss-reactive ketones (excluding diaryl/α,β-unsaturated/α-hetero) is 1. The Morgan fingerprint density at radius 1 is 1.07 bits per heavy atom. The molecule has 5 heteroatoms. The highest BCUT2D eigenvalue weighted by molar-refractivity contribution is 6.12. The molecule has 29 heavy (non-hydrogen) atoms. The number of anilines is 1. The van der Waals surface area contributed by atoms with Gasteiger partial charge in [0.05, 0.1) is 25.8 Å².